The van der Waals surface area contributed by atoms with Crippen LogP contribution in [-0.2, 0) is 28.6 Å². The number of unbranched alkanes of at least 4 members (excludes halogenated alkanes) is 45. The Hall–Kier alpha value is -2.89. The molecule has 0 heterocycles. The third-order valence-corrected chi connectivity index (χ3v) is 16.0. The van der Waals surface area contributed by atoms with Gasteiger partial charge in [0, 0.05) is 19.3 Å². The van der Waals surface area contributed by atoms with Crippen molar-refractivity contribution < 1.29 is 28.6 Å². The summed E-state index contributed by atoms with van der Waals surface area (Å²) < 4.78 is 16.9. The lowest BCUT2D eigenvalue weighted by atomic mass is 10.0. The molecular weight excluding hydrogens is 997 g/mol. The average molecular weight is 1130 g/mol. The van der Waals surface area contributed by atoms with Gasteiger partial charge in [0.25, 0.3) is 0 Å². The van der Waals surface area contributed by atoms with Crippen LogP contribution in [0.1, 0.15) is 380 Å². The van der Waals surface area contributed by atoms with Crippen LogP contribution in [0.5, 0.6) is 0 Å². The maximum atomic E-state index is 12.9. The minimum Gasteiger partial charge on any atom is -0.462 e. The van der Waals surface area contributed by atoms with Gasteiger partial charge < -0.3 is 14.2 Å². The number of allylic oxidation sites excluding steroid dienone is 10. The Balaban J connectivity index is 4.05. The van der Waals surface area contributed by atoms with Crippen LogP contribution in [0, 0.1) is 0 Å². The summed E-state index contributed by atoms with van der Waals surface area (Å²) in [7, 11) is 0. The van der Waals surface area contributed by atoms with E-state index >= 15 is 0 Å². The highest BCUT2D eigenvalue weighted by Crippen LogP contribution is 2.18. The Labute approximate surface area is 504 Å². The summed E-state index contributed by atoms with van der Waals surface area (Å²) in [6.45, 7) is 6.60. The van der Waals surface area contributed by atoms with Gasteiger partial charge in [0.2, 0.25) is 0 Å². The number of carbonyl (C=O) groups is 3. The lowest BCUT2D eigenvalue weighted by Gasteiger charge is -2.18. The molecule has 0 saturated carbocycles. The molecule has 0 aromatic heterocycles. The fraction of sp³-hybridized carbons (Fsp3) is 0.827. The van der Waals surface area contributed by atoms with Crippen molar-refractivity contribution >= 4 is 17.9 Å². The second kappa shape index (κ2) is 69.6. The highest BCUT2D eigenvalue weighted by molar-refractivity contribution is 5.71. The van der Waals surface area contributed by atoms with Gasteiger partial charge in [-0.1, -0.05) is 319 Å². The summed E-state index contributed by atoms with van der Waals surface area (Å²) in [6, 6.07) is 0. The van der Waals surface area contributed by atoms with Gasteiger partial charge in [-0.05, 0) is 103 Å². The maximum Gasteiger partial charge on any atom is 0.306 e. The molecular formula is C75H136O6. The lowest BCUT2D eigenvalue weighted by molar-refractivity contribution is -0.167. The number of rotatable bonds is 66. The van der Waals surface area contributed by atoms with E-state index in [0.717, 1.165) is 83.5 Å². The van der Waals surface area contributed by atoms with Gasteiger partial charge >= 0.3 is 17.9 Å². The zero-order valence-electron chi connectivity index (χ0n) is 54.3. The molecule has 0 spiro atoms. The fourth-order valence-corrected chi connectivity index (χ4v) is 10.5. The quantitative estimate of drug-likeness (QED) is 0.0261. The highest BCUT2D eigenvalue weighted by atomic mass is 16.6. The number of ether oxygens (including phenoxy) is 3. The van der Waals surface area contributed by atoms with Gasteiger partial charge in [-0.25, -0.2) is 0 Å². The van der Waals surface area contributed by atoms with Crippen molar-refractivity contribution in [3.8, 4) is 0 Å². The normalized spacial score (nSPS) is 12.4. The predicted molar refractivity (Wildman–Crippen MR) is 353 cm³/mol. The zero-order chi connectivity index (χ0) is 58.5. The summed E-state index contributed by atoms with van der Waals surface area (Å²) in [4.78, 5) is 38.3. The largest absolute Gasteiger partial charge is 0.462 e. The Bertz CT molecular complexity index is 1440. The molecule has 81 heavy (non-hydrogen) atoms. The first-order valence-electron chi connectivity index (χ1n) is 35.8. The van der Waals surface area contributed by atoms with Gasteiger partial charge in [-0.2, -0.15) is 0 Å². The van der Waals surface area contributed by atoms with E-state index in [-0.39, 0.29) is 31.1 Å². The molecule has 0 fully saturated rings. The van der Waals surface area contributed by atoms with Crippen molar-refractivity contribution in [2.45, 2.75) is 386 Å². The van der Waals surface area contributed by atoms with Crippen LogP contribution in [0.15, 0.2) is 60.8 Å². The third-order valence-electron chi connectivity index (χ3n) is 16.0. The van der Waals surface area contributed by atoms with Gasteiger partial charge in [0.15, 0.2) is 6.10 Å². The lowest BCUT2D eigenvalue weighted by Crippen LogP contribution is -2.30. The summed E-state index contributed by atoms with van der Waals surface area (Å²) in [6.07, 6.45) is 89.9. The van der Waals surface area contributed by atoms with E-state index in [1.54, 1.807) is 0 Å². The summed E-state index contributed by atoms with van der Waals surface area (Å²) in [5, 5.41) is 0. The molecule has 0 amide bonds. The minimum atomic E-state index is -0.780. The first-order chi connectivity index (χ1) is 40.0. The molecule has 6 heteroatoms. The Morgan fingerprint density at radius 3 is 0.753 bits per heavy atom. The van der Waals surface area contributed by atoms with Crippen LogP contribution >= 0.6 is 0 Å². The zero-order valence-corrected chi connectivity index (χ0v) is 54.3. The summed E-state index contributed by atoms with van der Waals surface area (Å²) >= 11 is 0. The van der Waals surface area contributed by atoms with Crippen molar-refractivity contribution in [1.29, 1.82) is 0 Å². The van der Waals surface area contributed by atoms with Crippen molar-refractivity contribution in [1.82, 2.24) is 0 Å². The summed E-state index contributed by atoms with van der Waals surface area (Å²) in [5.74, 6) is -0.874. The molecule has 0 aliphatic rings. The highest BCUT2D eigenvalue weighted by Gasteiger charge is 2.19. The molecule has 0 aliphatic carbocycles. The molecule has 6 nitrogen and oxygen atoms in total. The molecule has 0 aromatic carbocycles. The maximum absolute atomic E-state index is 12.9. The molecule has 0 bridgehead atoms. The van der Waals surface area contributed by atoms with Crippen molar-refractivity contribution in [3.63, 3.8) is 0 Å². The number of esters is 3. The number of hydrogen-bond donors (Lipinski definition) is 0. The molecule has 0 rings (SSSR count). The number of carbonyl (C=O) groups excluding carboxylic acids is 3. The number of hydrogen-bond acceptors (Lipinski definition) is 6. The third kappa shape index (κ3) is 67.8. The predicted octanol–water partition coefficient (Wildman–Crippen LogP) is 24.7. The molecule has 1 atom stereocenters. The van der Waals surface area contributed by atoms with Crippen molar-refractivity contribution in [2.24, 2.45) is 0 Å². The molecule has 0 N–H and O–H groups in total. The second-order valence-electron chi connectivity index (χ2n) is 24.1. The molecule has 1 unspecified atom stereocenters. The van der Waals surface area contributed by atoms with Crippen LogP contribution in [0.25, 0.3) is 0 Å². The topological polar surface area (TPSA) is 78.9 Å². The Kier molecular flexibility index (Phi) is 67.1. The minimum absolute atomic E-state index is 0.0761. The standard InChI is InChI=1S/C75H136O6/c1-4-7-10-13-16-19-22-24-26-28-29-30-31-32-33-34-35-36-37-38-39-40-41-42-43-44-45-47-48-50-53-56-59-62-65-68-74(77)80-71-72(70-79-73(76)67-64-61-58-55-52-21-18-15-12-9-6-3)81-75(78)69-66-63-60-57-54-51-49-46-27-25-23-20-17-14-11-8-5-2/h15,17-18,20,22,24-25,27-29,72H,4-14,16,19,21,23,26,30-71H2,1-3H3/b18-15-,20-17-,24-22-,27-25-,29-28-. The van der Waals surface area contributed by atoms with E-state index in [9.17, 15) is 14.4 Å². The average Bonchev–Trinajstić information content (AvgIpc) is 3.47. The molecule has 472 valence electrons. The van der Waals surface area contributed by atoms with Gasteiger partial charge in [-0.15, -0.1) is 0 Å². The van der Waals surface area contributed by atoms with Crippen LogP contribution in [0.4, 0.5) is 0 Å². The molecule has 0 saturated heterocycles. The fourth-order valence-electron chi connectivity index (χ4n) is 10.5. The van der Waals surface area contributed by atoms with Crippen molar-refractivity contribution in [3.05, 3.63) is 60.8 Å². The van der Waals surface area contributed by atoms with E-state index in [2.05, 4.69) is 81.5 Å². The molecule has 0 aromatic rings. The van der Waals surface area contributed by atoms with Gasteiger partial charge in [-0.3, -0.25) is 14.4 Å². The van der Waals surface area contributed by atoms with Gasteiger partial charge in [0.05, 0.1) is 0 Å². The van der Waals surface area contributed by atoms with Gasteiger partial charge in [0.1, 0.15) is 13.2 Å². The van der Waals surface area contributed by atoms with Crippen LogP contribution in [0.3, 0.4) is 0 Å². The Morgan fingerprint density at radius 2 is 0.457 bits per heavy atom. The van der Waals surface area contributed by atoms with Crippen LogP contribution in [-0.4, -0.2) is 37.2 Å². The van der Waals surface area contributed by atoms with E-state index in [0.29, 0.717) is 19.3 Å². The molecule has 0 aliphatic heterocycles. The summed E-state index contributed by atoms with van der Waals surface area (Å²) in [5.41, 5.74) is 0. The van der Waals surface area contributed by atoms with Crippen LogP contribution in [0.2, 0.25) is 0 Å². The SMILES string of the molecule is CCCC/C=C\CCCCCCCC(=O)OCC(COC(=O)CCCCCCCCCCCCCCCCCCCCCCCCC/C=C\C/C=C\CCCCCCC)OC(=O)CCCCCCCCC/C=C\C/C=C\CCCCC. The smallest absolute Gasteiger partial charge is 0.306 e. The van der Waals surface area contributed by atoms with E-state index in [1.165, 1.54) is 257 Å². The van der Waals surface area contributed by atoms with Crippen LogP contribution < -0.4 is 0 Å². The monoisotopic (exact) mass is 1130 g/mol. The van der Waals surface area contributed by atoms with Crippen molar-refractivity contribution in [2.75, 3.05) is 13.2 Å². The molecule has 0 radical (unpaired) electrons. The van der Waals surface area contributed by atoms with E-state index in [1.807, 2.05) is 0 Å². The first-order valence-corrected chi connectivity index (χ1v) is 35.8. The first kappa shape index (κ1) is 78.1. The Morgan fingerprint density at radius 1 is 0.247 bits per heavy atom. The second-order valence-corrected chi connectivity index (χ2v) is 24.1. The van der Waals surface area contributed by atoms with E-state index < -0.39 is 6.10 Å². The van der Waals surface area contributed by atoms with E-state index in [4.69, 9.17) is 14.2 Å².